The van der Waals surface area contributed by atoms with Crippen LogP contribution in [0.3, 0.4) is 0 Å². The molecule has 0 fully saturated rings. The Balaban J connectivity index is 2.25. The van der Waals surface area contributed by atoms with Crippen LogP contribution in [0.15, 0.2) is 29.0 Å². The second-order valence-electron chi connectivity index (χ2n) is 3.67. The van der Waals surface area contributed by atoms with Gasteiger partial charge in [0.25, 0.3) is 0 Å². The van der Waals surface area contributed by atoms with E-state index in [2.05, 4.69) is 5.32 Å². The molecule has 0 aliphatic carbocycles. The molecular weight excluding hydrogens is 247 g/mol. The van der Waals surface area contributed by atoms with Gasteiger partial charge in [0.05, 0.1) is 0 Å². The molecule has 5 heteroatoms. The summed E-state index contributed by atoms with van der Waals surface area (Å²) in [6.45, 7) is 1.78. The zero-order valence-electron chi connectivity index (χ0n) is 9.01. The number of hydrogen-bond donors (Lipinski definition) is 1. The molecule has 1 unspecified atom stereocenters. The molecule has 0 bridgehead atoms. The van der Waals surface area contributed by atoms with Gasteiger partial charge in [-0.05, 0) is 29.3 Å². The predicted molar refractivity (Wildman–Crippen MR) is 62.7 cm³/mol. The minimum absolute atomic E-state index is 0.240. The van der Waals surface area contributed by atoms with Crippen LogP contribution in [-0.4, -0.2) is 0 Å². The molecule has 1 N–H and O–H groups in total. The van der Waals surface area contributed by atoms with E-state index in [1.165, 1.54) is 11.3 Å². The summed E-state index contributed by atoms with van der Waals surface area (Å²) in [6.07, 6.45) is 0. The highest BCUT2D eigenvalue weighted by atomic mass is 32.1. The lowest BCUT2D eigenvalue weighted by Crippen LogP contribution is -2.09. The third-order valence-electron chi connectivity index (χ3n) is 2.41. The second kappa shape index (κ2) is 4.79. The molecule has 1 aromatic heterocycles. The second-order valence-corrected chi connectivity index (χ2v) is 4.45. The van der Waals surface area contributed by atoms with Crippen LogP contribution in [0, 0.1) is 17.5 Å². The lowest BCUT2D eigenvalue weighted by atomic mass is 10.1. The zero-order valence-corrected chi connectivity index (χ0v) is 9.82. The summed E-state index contributed by atoms with van der Waals surface area (Å²) in [5, 5.41) is 6.46. The van der Waals surface area contributed by atoms with Crippen molar-refractivity contribution in [2.75, 3.05) is 5.32 Å². The Labute approximate surface area is 101 Å². The standard InChI is InChI=1S/C12H10F3NS/c1-7(8-2-3-17-6-8)16-12-10(14)4-9(13)5-11(12)15/h2-7,16H,1H3. The maximum atomic E-state index is 13.4. The van der Waals surface area contributed by atoms with E-state index in [0.717, 1.165) is 5.56 Å². The van der Waals surface area contributed by atoms with Crippen LogP contribution >= 0.6 is 11.3 Å². The van der Waals surface area contributed by atoms with Gasteiger partial charge in [-0.15, -0.1) is 0 Å². The molecule has 2 rings (SSSR count). The van der Waals surface area contributed by atoms with Crippen molar-refractivity contribution in [1.82, 2.24) is 0 Å². The van der Waals surface area contributed by atoms with Crippen molar-refractivity contribution in [3.63, 3.8) is 0 Å². The van der Waals surface area contributed by atoms with Crippen LogP contribution in [0.5, 0.6) is 0 Å². The van der Waals surface area contributed by atoms with Gasteiger partial charge in [-0.1, -0.05) is 0 Å². The third kappa shape index (κ3) is 2.61. The number of anilines is 1. The zero-order chi connectivity index (χ0) is 12.4. The summed E-state index contributed by atoms with van der Waals surface area (Å²) >= 11 is 1.50. The molecule has 0 radical (unpaired) electrons. The smallest absolute Gasteiger partial charge is 0.152 e. The summed E-state index contributed by atoms with van der Waals surface area (Å²) in [4.78, 5) is 0. The number of hydrogen-bond acceptors (Lipinski definition) is 2. The topological polar surface area (TPSA) is 12.0 Å². The van der Waals surface area contributed by atoms with E-state index < -0.39 is 17.5 Å². The first kappa shape index (κ1) is 12.0. The summed E-state index contributed by atoms with van der Waals surface area (Å²) in [5.41, 5.74) is 0.628. The van der Waals surface area contributed by atoms with Gasteiger partial charge in [-0.2, -0.15) is 11.3 Å². The highest BCUT2D eigenvalue weighted by Crippen LogP contribution is 2.26. The summed E-state index contributed by atoms with van der Waals surface area (Å²) in [7, 11) is 0. The minimum Gasteiger partial charge on any atom is -0.374 e. The van der Waals surface area contributed by atoms with Crippen molar-refractivity contribution in [2.45, 2.75) is 13.0 Å². The fraction of sp³-hybridized carbons (Fsp3) is 0.167. The Kier molecular flexibility index (Phi) is 3.38. The van der Waals surface area contributed by atoms with Gasteiger partial charge in [0.15, 0.2) is 11.6 Å². The molecule has 0 aliphatic heterocycles. The lowest BCUT2D eigenvalue weighted by Gasteiger charge is -2.15. The van der Waals surface area contributed by atoms with E-state index >= 15 is 0 Å². The van der Waals surface area contributed by atoms with Crippen LogP contribution in [0.4, 0.5) is 18.9 Å². The third-order valence-corrected chi connectivity index (χ3v) is 3.11. The fourth-order valence-corrected chi connectivity index (χ4v) is 2.26. The van der Waals surface area contributed by atoms with E-state index in [9.17, 15) is 13.2 Å². The van der Waals surface area contributed by atoms with Gasteiger partial charge in [-0.25, -0.2) is 13.2 Å². The summed E-state index contributed by atoms with van der Waals surface area (Å²) in [6, 6.07) is 2.94. The van der Waals surface area contributed by atoms with Gasteiger partial charge >= 0.3 is 0 Å². The molecule has 0 saturated carbocycles. The molecule has 1 aromatic carbocycles. The number of rotatable bonds is 3. The van der Waals surface area contributed by atoms with Gasteiger partial charge in [0, 0.05) is 18.2 Å². The average Bonchev–Trinajstić information content (AvgIpc) is 2.76. The lowest BCUT2D eigenvalue weighted by molar-refractivity contribution is 0.545. The van der Waals surface area contributed by atoms with Crippen LogP contribution in [0.25, 0.3) is 0 Å². The van der Waals surface area contributed by atoms with E-state index in [1.54, 1.807) is 6.92 Å². The molecule has 2 aromatic rings. The highest BCUT2D eigenvalue weighted by Gasteiger charge is 2.14. The molecule has 0 spiro atoms. The molecule has 0 aliphatic rings. The molecule has 0 amide bonds. The van der Waals surface area contributed by atoms with Gasteiger partial charge in [0.1, 0.15) is 11.5 Å². The first-order chi connectivity index (χ1) is 8.08. The first-order valence-electron chi connectivity index (χ1n) is 5.01. The van der Waals surface area contributed by atoms with Gasteiger partial charge in [-0.3, -0.25) is 0 Å². The first-order valence-corrected chi connectivity index (χ1v) is 5.95. The van der Waals surface area contributed by atoms with Crippen molar-refractivity contribution in [1.29, 1.82) is 0 Å². The van der Waals surface area contributed by atoms with Crippen molar-refractivity contribution >= 4 is 17.0 Å². The monoisotopic (exact) mass is 257 g/mol. The Morgan fingerprint density at radius 1 is 1.18 bits per heavy atom. The Bertz CT molecular complexity index is 487. The molecule has 0 saturated heterocycles. The summed E-state index contributed by atoms with van der Waals surface area (Å²) < 4.78 is 39.5. The predicted octanol–water partition coefficient (Wildman–Crippen LogP) is 4.34. The van der Waals surface area contributed by atoms with Crippen LogP contribution in [0.1, 0.15) is 18.5 Å². The van der Waals surface area contributed by atoms with Crippen LogP contribution < -0.4 is 5.32 Å². The van der Waals surface area contributed by atoms with Gasteiger partial charge in [0.2, 0.25) is 0 Å². The maximum absolute atomic E-state index is 13.4. The van der Waals surface area contributed by atoms with Crippen LogP contribution in [-0.2, 0) is 0 Å². The number of thiophene rings is 1. The Morgan fingerprint density at radius 2 is 1.82 bits per heavy atom. The largest absolute Gasteiger partial charge is 0.374 e. The van der Waals surface area contributed by atoms with E-state index in [-0.39, 0.29) is 11.7 Å². The molecule has 1 atom stereocenters. The normalized spacial score (nSPS) is 12.5. The number of halogens is 3. The fourth-order valence-electron chi connectivity index (χ4n) is 1.50. The molecule has 1 heterocycles. The van der Waals surface area contributed by atoms with E-state index in [1.807, 2.05) is 16.8 Å². The number of benzene rings is 1. The van der Waals surface area contributed by atoms with Crippen molar-refractivity contribution in [2.24, 2.45) is 0 Å². The van der Waals surface area contributed by atoms with Crippen molar-refractivity contribution < 1.29 is 13.2 Å². The van der Waals surface area contributed by atoms with Crippen LogP contribution in [0.2, 0.25) is 0 Å². The van der Waals surface area contributed by atoms with Crippen molar-refractivity contribution in [3.05, 3.63) is 52.0 Å². The van der Waals surface area contributed by atoms with Crippen molar-refractivity contribution in [3.8, 4) is 0 Å². The number of nitrogens with one attached hydrogen (secondary N) is 1. The molecule has 1 nitrogen and oxygen atoms in total. The molecule has 90 valence electrons. The SMILES string of the molecule is CC(Nc1c(F)cc(F)cc1F)c1ccsc1. The van der Waals surface area contributed by atoms with Gasteiger partial charge < -0.3 is 5.32 Å². The summed E-state index contributed by atoms with van der Waals surface area (Å²) in [5.74, 6) is -2.78. The quantitative estimate of drug-likeness (QED) is 0.862. The average molecular weight is 257 g/mol. The molecule has 17 heavy (non-hydrogen) atoms. The Morgan fingerprint density at radius 3 is 2.35 bits per heavy atom. The minimum atomic E-state index is -0.926. The Hall–Kier alpha value is -1.49. The molecular formula is C12H10F3NS. The highest BCUT2D eigenvalue weighted by molar-refractivity contribution is 7.07. The maximum Gasteiger partial charge on any atom is 0.152 e. The van der Waals surface area contributed by atoms with E-state index in [4.69, 9.17) is 0 Å². The van der Waals surface area contributed by atoms with E-state index in [0.29, 0.717) is 12.1 Å².